The fourth-order valence-electron chi connectivity index (χ4n) is 3.50. The molecule has 0 radical (unpaired) electrons. The minimum Gasteiger partial charge on any atom is -0.488 e. The van der Waals surface area contributed by atoms with E-state index in [0.29, 0.717) is 13.2 Å². The van der Waals surface area contributed by atoms with E-state index in [9.17, 15) is 0 Å². The Hall–Kier alpha value is -2.01. The van der Waals surface area contributed by atoms with Crippen molar-refractivity contribution in [2.45, 2.75) is 58.6 Å². The van der Waals surface area contributed by atoms with Gasteiger partial charge >= 0.3 is 0 Å². The molecule has 0 saturated carbocycles. The SMILES string of the molecule is CCNC(=NCc1ccc(C)cc1OC1CCOC1)NCCC1=CCCC1. The second-order valence-electron chi connectivity index (χ2n) is 7.34. The van der Waals surface area contributed by atoms with Crippen molar-refractivity contribution >= 4 is 5.96 Å². The van der Waals surface area contributed by atoms with Gasteiger partial charge in [-0.15, -0.1) is 0 Å². The minimum atomic E-state index is 0.153. The Morgan fingerprint density at radius 2 is 2.26 bits per heavy atom. The van der Waals surface area contributed by atoms with Gasteiger partial charge in [-0.25, -0.2) is 4.99 Å². The molecular weight excluding hydrogens is 338 g/mol. The van der Waals surface area contributed by atoms with Crippen LogP contribution in [0, 0.1) is 6.92 Å². The summed E-state index contributed by atoms with van der Waals surface area (Å²) in [5.74, 6) is 1.80. The van der Waals surface area contributed by atoms with E-state index in [1.165, 1.54) is 24.8 Å². The van der Waals surface area contributed by atoms with Crippen LogP contribution in [0.15, 0.2) is 34.8 Å². The van der Waals surface area contributed by atoms with Gasteiger partial charge in [0.2, 0.25) is 0 Å². The van der Waals surface area contributed by atoms with Crippen molar-refractivity contribution in [3.05, 3.63) is 41.0 Å². The maximum absolute atomic E-state index is 6.19. The van der Waals surface area contributed by atoms with Gasteiger partial charge in [0.25, 0.3) is 0 Å². The Morgan fingerprint density at radius 3 is 3.00 bits per heavy atom. The van der Waals surface area contributed by atoms with Crippen LogP contribution in [0.5, 0.6) is 5.75 Å². The van der Waals surface area contributed by atoms with Crippen molar-refractivity contribution in [3.8, 4) is 5.75 Å². The zero-order valence-electron chi connectivity index (χ0n) is 16.7. The molecule has 0 bridgehead atoms. The van der Waals surface area contributed by atoms with E-state index < -0.39 is 0 Å². The van der Waals surface area contributed by atoms with E-state index in [2.05, 4.69) is 48.8 Å². The summed E-state index contributed by atoms with van der Waals surface area (Å²) in [6, 6.07) is 6.35. The molecule has 1 heterocycles. The van der Waals surface area contributed by atoms with Crippen LogP contribution in [0.1, 0.15) is 50.2 Å². The highest BCUT2D eigenvalue weighted by atomic mass is 16.5. The minimum absolute atomic E-state index is 0.153. The molecule has 1 aliphatic heterocycles. The average Bonchev–Trinajstić information content (AvgIpc) is 3.35. The van der Waals surface area contributed by atoms with E-state index in [0.717, 1.165) is 49.8 Å². The van der Waals surface area contributed by atoms with Gasteiger partial charge in [-0.1, -0.05) is 23.8 Å². The zero-order valence-corrected chi connectivity index (χ0v) is 16.7. The lowest BCUT2D eigenvalue weighted by molar-refractivity contribution is 0.140. The van der Waals surface area contributed by atoms with E-state index in [-0.39, 0.29) is 6.10 Å². The predicted octanol–water partition coefficient (Wildman–Crippen LogP) is 3.72. The molecule has 148 valence electrons. The van der Waals surface area contributed by atoms with Crippen molar-refractivity contribution in [2.75, 3.05) is 26.3 Å². The molecule has 0 spiro atoms. The lowest BCUT2D eigenvalue weighted by Gasteiger charge is -2.16. The predicted molar refractivity (Wildman–Crippen MR) is 110 cm³/mol. The lowest BCUT2D eigenvalue weighted by Crippen LogP contribution is -2.37. The van der Waals surface area contributed by atoms with Gasteiger partial charge in [0.1, 0.15) is 11.9 Å². The summed E-state index contributed by atoms with van der Waals surface area (Å²) in [5.41, 5.74) is 3.89. The number of aliphatic imine (C=N–C) groups is 1. The molecule has 27 heavy (non-hydrogen) atoms. The number of guanidine groups is 1. The Balaban J connectivity index is 1.60. The van der Waals surface area contributed by atoms with Crippen LogP contribution in [0.3, 0.4) is 0 Å². The summed E-state index contributed by atoms with van der Waals surface area (Å²) >= 11 is 0. The number of nitrogens with zero attached hydrogens (tertiary/aromatic N) is 1. The molecular formula is C22H33N3O2. The highest BCUT2D eigenvalue weighted by Gasteiger charge is 2.18. The highest BCUT2D eigenvalue weighted by molar-refractivity contribution is 5.79. The molecule has 5 nitrogen and oxygen atoms in total. The molecule has 1 aliphatic carbocycles. The second-order valence-corrected chi connectivity index (χ2v) is 7.34. The van der Waals surface area contributed by atoms with Crippen molar-refractivity contribution in [2.24, 2.45) is 4.99 Å². The number of aryl methyl sites for hydroxylation is 1. The first kappa shape index (κ1) is 19.7. The van der Waals surface area contributed by atoms with Crippen molar-refractivity contribution in [1.82, 2.24) is 10.6 Å². The summed E-state index contributed by atoms with van der Waals surface area (Å²) < 4.78 is 11.6. The topological polar surface area (TPSA) is 54.9 Å². The Labute approximate surface area is 163 Å². The van der Waals surface area contributed by atoms with Gasteiger partial charge in [-0.3, -0.25) is 0 Å². The van der Waals surface area contributed by atoms with E-state index >= 15 is 0 Å². The largest absolute Gasteiger partial charge is 0.488 e. The molecule has 1 aromatic carbocycles. The van der Waals surface area contributed by atoms with Gasteiger partial charge in [-0.05, 0) is 51.2 Å². The Bertz CT molecular complexity index is 664. The summed E-state index contributed by atoms with van der Waals surface area (Å²) in [6.45, 7) is 8.03. The molecule has 3 rings (SSSR count). The highest BCUT2D eigenvalue weighted by Crippen LogP contribution is 2.24. The molecule has 1 unspecified atom stereocenters. The quantitative estimate of drug-likeness (QED) is 0.415. The van der Waals surface area contributed by atoms with Crippen LogP contribution < -0.4 is 15.4 Å². The number of rotatable bonds is 8. The second kappa shape index (κ2) is 10.4. The third-order valence-corrected chi connectivity index (χ3v) is 5.03. The van der Waals surface area contributed by atoms with Crippen molar-refractivity contribution < 1.29 is 9.47 Å². The number of hydrogen-bond donors (Lipinski definition) is 2. The Kier molecular flexibility index (Phi) is 7.57. The first-order valence-electron chi connectivity index (χ1n) is 10.3. The van der Waals surface area contributed by atoms with Gasteiger partial charge in [0, 0.05) is 25.1 Å². The van der Waals surface area contributed by atoms with Gasteiger partial charge < -0.3 is 20.1 Å². The van der Waals surface area contributed by atoms with Gasteiger partial charge in [0.05, 0.1) is 19.8 Å². The van der Waals surface area contributed by atoms with Crippen LogP contribution >= 0.6 is 0 Å². The molecule has 2 N–H and O–H groups in total. The van der Waals surface area contributed by atoms with Crippen LogP contribution in [0.25, 0.3) is 0 Å². The summed E-state index contributed by atoms with van der Waals surface area (Å²) in [6.07, 6.45) is 8.40. The van der Waals surface area contributed by atoms with Gasteiger partial charge in [0.15, 0.2) is 5.96 Å². The number of ether oxygens (including phenoxy) is 2. The third kappa shape index (κ3) is 6.28. The lowest BCUT2D eigenvalue weighted by atomic mass is 10.1. The maximum atomic E-state index is 6.19. The summed E-state index contributed by atoms with van der Waals surface area (Å²) in [5, 5.41) is 6.80. The molecule has 5 heteroatoms. The molecule has 1 atom stereocenters. The number of allylic oxidation sites excluding steroid dienone is 1. The summed E-state index contributed by atoms with van der Waals surface area (Å²) in [4.78, 5) is 4.78. The first-order valence-corrected chi connectivity index (χ1v) is 10.3. The van der Waals surface area contributed by atoms with Gasteiger partial charge in [-0.2, -0.15) is 0 Å². The van der Waals surface area contributed by atoms with Crippen LogP contribution in [0.4, 0.5) is 0 Å². The molecule has 1 saturated heterocycles. The standard InChI is InChI=1S/C22H33N3O2/c1-3-23-22(24-12-10-18-6-4-5-7-18)25-15-19-9-8-17(2)14-21(19)27-20-11-13-26-16-20/h6,8-9,14,20H,3-5,7,10-13,15-16H2,1-2H3,(H2,23,24,25). The van der Waals surface area contributed by atoms with Crippen LogP contribution in [0.2, 0.25) is 0 Å². The molecule has 2 aliphatic rings. The van der Waals surface area contributed by atoms with Crippen LogP contribution in [-0.2, 0) is 11.3 Å². The normalized spacial score (nSPS) is 19.9. The van der Waals surface area contributed by atoms with Crippen molar-refractivity contribution in [3.63, 3.8) is 0 Å². The molecule has 0 aromatic heterocycles. The van der Waals surface area contributed by atoms with E-state index in [4.69, 9.17) is 14.5 Å². The third-order valence-electron chi connectivity index (χ3n) is 5.03. The molecule has 0 amide bonds. The number of nitrogens with one attached hydrogen (secondary N) is 2. The monoisotopic (exact) mass is 371 g/mol. The smallest absolute Gasteiger partial charge is 0.191 e. The summed E-state index contributed by atoms with van der Waals surface area (Å²) in [7, 11) is 0. The van der Waals surface area contributed by atoms with Crippen LogP contribution in [-0.4, -0.2) is 38.4 Å². The fraction of sp³-hybridized carbons (Fsp3) is 0.591. The molecule has 1 aromatic rings. The van der Waals surface area contributed by atoms with E-state index in [1.807, 2.05) is 0 Å². The maximum Gasteiger partial charge on any atom is 0.191 e. The number of hydrogen-bond acceptors (Lipinski definition) is 3. The average molecular weight is 372 g/mol. The van der Waals surface area contributed by atoms with Crippen molar-refractivity contribution in [1.29, 1.82) is 0 Å². The molecule has 1 fully saturated rings. The Morgan fingerprint density at radius 1 is 1.33 bits per heavy atom. The first-order chi connectivity index (χ1) is 13.2. The van der Waals surface area contributed by atoms with E-state index in [1.54, 1.807) is 5.57 Å². The fourth-order valence-corrected chi connectivity index (χ4v) is 3.50. The zero-order chi connectivity index (χ0) is 18.9. The number of benzene rings is 1.